The average molecular weight is 450 g/mol. The molecule has 1 saturated heterocycles. The zero-order chi connectivity index (χ0) is 22.9. The minimum absolute atomic E-state index is 0.000224. The van der Waals surface area contributed by atoms with E-state index < -0.39 is 24.0 Å². The summed E-state index contributed by atoms with van der Waals surface area (Å²) < 4.78 is 16.0. The van der Waals surface area contributed by atoms with Crippen molar-refractivity contribution in [2.24, 2.45) is 0 Å². The number of hydrogen-bond donors (Lipinski definition) is 3. The van der Waals surface area contributed by atoms with E-state index in [2.05, 4.69) is 10.6 Å². The third-order valence-electron chi connectivity index (χ3n) is 5.36. The van der Waals surface area contributed by atoms with Gasteiger partial charge in [0.1, 0.15) is 17.8 Å². The quantitative estimate of drug-likeness (QED) is 0.401. The maximum atomic E-state index is 12.9. The number of nitrogens with zero attached hydrogens (tertiary/aromatic N) is 1. The highest BCUT2D eigenvalue weighted by Crippen LogP contribution is 2.23. The molecule has 0 bridgehead atoms. The molecule has 10 heteroatoms. The van der Waals surface area contributed by atoms with E-state index in [1.807, 2.05) is 4.90 Å². The maximum absolute atomic E-state index is 12.9. The van der Waals surface area contributed by atoms with Gasteiger partial charge in [-0.2, -0.15) is 0 Å². The minimum Gasteiger partial charge on any atom is -0.497 e. The summed E-state index contributed by atoms with van der Waals surface area (Å²) in [6, 6.07) is 4.84. The number of carbonyl (C=O) groups excluding carboxylic acids is 2. The summed E-state index contributed by atoms with van der Waals surface area (Å²) in [5.41, 5.74) is 0.737. The molecule has 1 heterocycles. The Morgan fingerprint density at radius 1 is 1.12 bits per heavy atom. The van der Waals surface area contributed by atoms with Crippen molar-refractivity contribution in [1.29, 1.82) is 0 Å². The molecule has 3 N–H and O–H groups in total. The summed E-state index contributed by atoms with van der Waals surface area (Å²) in [7, 11) is 1.55. The number of morpholine rings is 1. The van der Waals surface area contributed by atoms with Gasteiger partial charge in [-0.25, -0.2) is 4.79 Å². The van der Waals surface area contributed by atoms with Crippen molar-refractivity contribution >= 4 is 17.8 Å². The number of hydrogen-bond acceptors (Lipinski definition) is 7. The van der Waals surface area contributed by atoms with Crippen molar-refractivity contribution in [3.8, 4) is 5.75 Å². The van der Waals surface area contributed by atoms with Crippen LogP contribution >= 0.6 is 0 Å². The van der Waals surface area contributed by atoms with Gasteiger partial charge < -0.3 is 30.0 Å². The van der Waals surface area contributed by atoms with Gasteiger partial charge in [-0.1, -0.05) is 12.1 Å². The predicted molar refractivity (Wildman–Crippen MR) is 114 cm³/mol. The van der Waals surface area contributed by atoms with Crippen molar-refractivity contribution in [1.82, 2.24) is 15.5 Å². The normalized spacial score (nSPS) is 18.4. The predicted octanol–water partition coefficient (Wildman–Crippen LogP) is -0.197. The van der Waals surface area contributed by atoms with Crippen LogP contribution in [-0.2, 0) is 30.3 Å². The van der Waals surface area contributed by atoms with Crippen molar-refractivity contribution in [3.63, 3.8) is 0 Å². The lowest BCUT2D eigenvalue weighted by Crippen LogP contribution is -2.55. The number of amides is 2. The molecule has 0 spiro atoms. The fourth-order valence-electron chi connectivity index (χ4n) is 3.32. The zero-order valence-electron chi connectivity index (χ0n) is 18.2. The number of carboxylic acids is 1. The molecule has 2 fully saturated rings. The molecule has 32 heavy (non-hydrogen) atoms. The molecule has 2 amide bonds. The van der Waals surface area contributed by atoms with Crippen LogP contribution in [0.5, 0.6) is 5.75 Å². The van der Waals surface area contributed by atoms with Gasteiger partial charge in [-0.05, 0) is 30.5 Å². The minimum atomic E-state index is -1.16. The molecule has 1 aliphatic carbocycles. The molecule has 0 aromatic heterocycles. The summed E-state index contributed by atoms with van der Waals surface area (Å²) in [5, 5.41) is 14.9. The first-order chi connectivity index (χ1) is 15.4. The summed E-state index contributed by atoms with van der Waals surface area (Å²) in [6.07, 6.45) is 2.04. The van der Waals surface area contributed by atoms with Gasteiger partial charge in [0.2, 0.25) is 11.8 Å². The highest BCUT2D eigenvalue weighted by atomic mass is 16.5. The Labute approximate surface area is 187 Å². The van der Waals surface area contributed by atoms with Crippen LogP contribution in [0.25, 0.3) is 0 Å². The number of ether oxygens (including phenoxy) is 3. The first-order valence-electron chi connectivity index (χ1n) is 10.8. The van der Waals surface area contributed by atoms with Gasteiger partial charge in [0.25, 0.3) is 0 Å². The van der Waals surface area contributed by atoms with Crippen molar-refractivity contribution in [2.45, 2.75) is 37.5 Å². The summed E-state index contributed by atoms with van der Waals surface area (Å²) in [5.74, 6) is -1.39. The Morgan fingerprint density at radius 3 is 2.41 bits per heavy atom. The van der Waals surface area contributed by atoms with E-state index >= 15 is 0 Å². The van der Waals surface area contributed by atoms with E-state index in [1.165, 1.54) is 0 Å². The van der Waals surface area contributed by atoms with Crippen LogP contribution in [0.1, 0.15) is 18.4 Å². The Balaban J connectivity index is 1.58. The van der Waals surface area contributed by atoms with Gasteiger partial charge in [-0.3, -0.25) is 14.5 Å². The fraction of sp³-hybridized carbons (Fsp3) is 0.591. The van der Waals surface area contributed by atoms with Gasteiger partial charge in [0.15, 0.2) is 0 Å². The number of nitrogens with one attached hydrogen (secondary N) is 2. The molecule has 1 aromatic carbocycles. The van der Waals surface area contributed by atoms with Crippen LogP contribution in [0.3, 0.4) is 0 Å². The molecule has 1 aliphatic heterocycles. The number of carboxylic acid groups (broad SMARTS) is 1. The van der Waals surface area contributed by atoms with Gasteiger partial charge in [0.05, 0.1) is 39.6 Å². The molecule has 2 atom stereocenters. The van der Waals surface area contributed by atoms with Crippen LogP contribution in [0.15, 0.2) is 24.3 Å². The molecule has 1 saturated carbocycles. The summed E-state index contributed by atoms with van der Waals surface area (Å²) in [4.78, 5) is 39.1. The highest BCUT2D eigenvalue weighted by molar-refractivity contribution is 5.91. The van der Waals surface area contributed by atoms with Crippen molar-refractivity contribution in [3.05, 3.63) is 29.8 Å². The van der Waals surface area contributed by atoms with E-state index in [4.69, 9.17) is 14.2 Å². The van der Waals surface area contributed by atoms with E-state index in [0.717, 1.165) is 18.4 Å². The molecular weight excluding hydrogens is 418 g/mol. The standard InChI is InChI=1S/C22H31N3O7/c1-30-16-4-2-15(3-5-16)12-18(22(28)29)24-21(27)19(14-32-17-6-7-17)23-20(26)13-25-8-10-31-11-9-25/h2-5,17-19H,6-14H2,1H3,(H,23,26)(H,24,27)(H,28,29)/t18-,19-/m0/s1. The molecule has 3 rings (SSSR count). The highest BCUT2D eigenvalue weighted by Gasteiger charge is 2.30. The Hall–Kier alpha value is -2.69. The first-order valence-corrected chi connectivity index (χ1v) is 10.8. The molecule has 176 valence electrons. The van der Waals surface area contributed by atoms with Gasteiger partial charge in [-0.15, -0.1) is 0 Å². The molecule has 0 unspecified atom stereocenters. The number of benzene rings is 1. The van der Waals surface area contributed by atoms with Crippen LogP contribution in [0.4, 0.5) is 0 Å². The smallest absolute Gasteiger partial charge is 0.326 e. The second-order valence-corrected chi connectivity index (χ2v) is 7.99. The monoisotopic (exact) mass is 449 g/mol. The van der Waals surface area contributed by atoms with Crippen LogP contribution in [0, 0.1) is 0 Å². The average Bonchev–Trinajstić information content (AvgIpc) is 3.61. The maximum Gasteiger partial charge on any atom is 0.326 e. The fourth-order valence-corrected chi connectivity index (χ4v) is 3.32. The molecule has 0 radical (unpaired) electrons. The summed E-state index contributed by atoms with van der Waals surface area (Å²) in [6.45, 7) is 2.56. The third-order valence-corrected chi connectivity index (χ3v) is 5.36. The lowest BCUT2D eigenvalue weighted by molar-refractivity contribution is -0.142. The van der Waals surface area contributed by atoms with Gasteiger partial charge in [0, 0.05) is 19.5 Å². The lowest BCUT2D eigenvalue weighted by Gasteiger charge is -2.27. The van der Waals surface area contributed by atoms with E-state index in [9.17, 15) is 19.5 Å². The zero-order valence-corrected chi connectivity index (χ0v) is 18.2. The molecule has 10 nitrogen and oxygen atoms in total. The lowest BCUT2D eigenvalue weighted by atomic mass is 10.1. The van der Waals surface area contributed by atoms with Gasteiger partial charge >= 0.3 is 5.97 Å². The summed E-state index contributed by atoms with van der Waals surface area (Å²) >= 11 is 0. The van der Waals surface area contributed by atoms with Crippen LogP contribution in [0.2, 0.25) is 0 Å². The van der Waals surface area contributed by atoms with E-state index in [-0.39, 0.29) is 31.6 Å². The van der Waals surface area contributed by atoms with Crippen LogP contribution < -0.4 is 15.4 Å². The largest absolute Gasteiger partial charge is 0.497 e. The van der Waals surface area contributed by atoms with Crippen LogP contribution in [-0.4, -0.2) is 92.5 Å². The number of aliphatic carboxylic acids is 1. The Kier molecular flexibility index (Phi) is 8.83. The second kappa shape index (κ2) is 11.8. The molecule has 1 aromatic rings. The van der Waals surface area contributed by atoms with Crippen molar-refractivity contribution < 1.29 is 33.7 Å². The van der Waals surface area contributed by atoms with E-state index in [0.29, 0.717) is 32.1 Å². The van der Waals surface area contributed by atoms with Crippen molar-refractivity contribution in [2.75, 3.05) is 46.6 Å². The number of rotatable bonds is 12. The Bertz CT molecular complexity index is 776. The first kappa shape index (κ1) is 24.0. The topological polar surface area (TPSA) is 126 Å². The molecular formula is C22H31N3O7. The molecule has 2 aliphatic rings. The Morgan fingerprint density at radius 2 is 1.81 bits per heavy atom. The number of methoxy groups -OCH3 is 1. The SMILES string of the molecule is COc1ccc(C[C@H](NC(=O)[C@H](COC2CC2)NC(=O)CN2CCOCC2)C(=O)O)cc1. The van der Waals surface area contributed by atoms with E-state index in [1.54, 1.807) is 31.4 Å². The second-order valence-electron chi connectivity index (χ2n) is 7.99. The number of carbonyl (C=O) groups is 3. The third kappa shape index (κ3) is 7.77.